The zero-order valence-corrected chi connectivity index (χ0v) is 11.5. The molecule has 0 spiro atoms. The monoisotopic (exact) mass is 256 g/mol. The van der Waals surface area contributed by atoms with Gasteiger partial charge in [0.15, 0.2) is 5.78 Å². The average Bonchev–Trinajstić information content (AvgIpc) is 2.30. The maximum atomic E-state index is 13.9. The van der Waals surface area contributed by atoms with Crippen molar-refractivity contribution in [3.05, 3.63) is 70.0 Å². The van der Waals surface area contributed by atoms with Crippen molar-refractivity contribution in [2.24, 2.45) is 0 Å². The van der Waals surface area contributed by atoms with Gasteiger partial charge >= 0.3 is 0 Å². The Hall–Kier alpha value is -1.96. The van der Waals surface area contributed by atoms with E-state index in [1.54, 1.807) is 6.92 Å². The van der Waals surface area contributed by atoms with Crippen LogP contribution in [0.1, 0.15) is 32.6 Å². The van der Waals surface area contributed by atoms with Crippen LogP contribution in [0.3, 0.4) is 0 Å². The van der Waals surface area contributed by atoms with Crippen LogP contribution in [0.5, 0.6) is 0 Å². The molecule has 0 heterocycles. The molecule has 2 heteroatoms. The van der Waals surface area contributed by atoms with Crippen LogP contribution < -0.4 is 0 Å². The Bertz CT molecular complexity index is 589. The molecule has 0 aliphatic rings. The zero-order chi connectivity index (χ0) is 14.0. The predicted molar refractivity (Wildman–Crippen MR) is 75.1 cm³/mol. The number of aryl methyl sites for hydroxylation is 3. The van der Waals surface area contributed by atoms with Crippen molar-refractivity contribution in [3.8, 4) is 0 Å². The highest BCUT2D eigenvalue weighted by atomic mass is 19.1. The number of rotatable bonds is 3. The minimum Gasteiger partial charge on any atom is -0.294 e. The summed E-state index contributed by atoms with van der Waals surface area (Å²) in [5.74, 6) is -0.589. The van der Waals surface area contributed by atoms with Gasteiger partial charge in [0.05, 0.1) is 5.56 Å². The Balaban J connectivity index is 2.28. The lowest BCUT2D eigenvalue weighted by molar-refractivity contribution is 0.0988. The molecule has 0 bridgehead atoms. The van der Waals surface area contributed by atoms with E-state index in [2.05, 4.69) is 0 Å². The highest BCUT2D eigenvalue weighted by molar-refractivity contribution is 5.99. The van der Waals surface area contributed by atoms with Crippen molar-refractivity contribution < 1.29 is 9.18 Å². The lowest BCUT2D eigenvalue weighted by atomic mass is 9.97. The van der Waals surface area contributed by atoms with Crippen molar-refractivity contribution in [2.75, 3.05) is 0 Å². The fraction of sp³-hybridized carbons (Fsp3) is 0.235. The molecule has 98 valence electrons. The number of ketones is 1. The summed E-state index contributed by atoms with van der Waals surface area (Å²) >= 11 is 0. The minimum absolute atomic E-state index is 0.168. The van der Waals surface area contributed by atoms with Crippen LogP contribution in [-0.2, 0) is 6.42 Å². The molecule has 1 nitrogen and oxygen atoms in total. The third-order valence-electron chi connectivity index (χ3n) is 3.20. The smallest absolute Gasteiger partial charge is 0.170 e. The molecule has 2 aromatic rings. The van der Waals surface area contributed by atoms with Gasteiger partial charge in [-0.05, 0) is 43.5 Å². The SMILES string of the molecule is Cc1ccc(CC(=O)c2c(C)cc(C)cc2F)cc1. The Morgan fingerprint density at radius 1 is 1.00 bits per heavy atom. The van der Waals surface area contributed by atoms with E-state index in [-0.39, 0.29) is 17.8 Å². The van der Waals surface area contributed by atoms with Gasteiger partial charge in [0, 0.05) is 6.42 Å². The molecular formula is C17H17FO. The van der Waals surface area contributed by atoms with Crippen LogP contribution in [0.25, 0.3) is 0 Å². The van der Waals surface area contributed by atoms with E-state index in [0.717, 1.165) is 16.7 Å². The lowest BCUT2D eigenvalue weighted by Crippen LogP contribution is -2.09. The molecule has 0 radical (unpaired) electrons. The van der Waals surface area contributed by atoms with Gasteiger partial charge in [0.25, 0.3) is 0 Å². The Morgan fingerprint density at radius 3 is 2.21 bits per heavy atom. The van der Waals surface area contributed by atoms with Crippen LogP contribution in [0.2, 0.25) is 0 Å². The summed E-state index contributed by atoms with van der Waals surface area (Å²) in [6.07, 6.45) is 0.237. The van der Waals surface area contributed by atoms with Crippen LogP contribution in [0.4, 0.5) is 4.39 Å². The first kappa shape index (κ1) is 13.5. The number of carbonyl (C=O) groups excluding carboxylic acids is 1. The van der Waals surface area contributed by atoms with Gasteiger partial charge in [-0.1, -0.05) is 35.9 Å². The second kappa shape index (κ2) is 5.35. The largest absolute Gasteiger partial charge is 0.294 e. The van der Waals surface area contributed by atoms with Crippen LogP contribution >= 0.6 is 0 Å². The molecule has 0 atom stereocenters. The van der Waals surface area contributed by atoms with Crippen molar-refractivity contribution in [2.45, 2.75) is 27.2 Å². The third-order valence-corrected chi connectivity index (χ3v) is 3.20. The molecule has 0 fully saturated rings. The standard InChI is InChI=1S/C17H17FO/c1-11-4-6-14(7-5-11)10-16(19)17-13(3)8-12(2)9-15(17)18/h4-9H,10H2,1-3H3. The first-order valence-electron chi connectivity index (χ1n) is 6.33. The first-order valence-corrected chi connectivity index (χ1v) is 6.33. The molecule has 0 N–H and O–H groups in total. The molecule has 0 saturated heterocycles. The predicted octanol–water partition coefficient (Wildman–Crippen LogP) is 4.18. The van der Waals surface area contributed by atoms with Gasteiger partial charge in [-0.3, -0.25) is 4.79 Å². The Kier molecular flexibility index (Phi) is 3.79. The number of hydrogen-bond acceptors (Lipinski definition) is 1. The average molecular weight is 256 g/mol. The molecule has 0 saturated carbocycles. The van der Waals surface area contributed by atoms with Crippen molar-refractivity contribution in [3.63, 3.8) is 0 Å². The van der Waals surface area contributed by atoms with E-state index in [4.69, 9.17) is 0 Å². The van der Waals surface area contributed by atoms with E-state index < -0.39 is 5.82 Å². The third kappa shape index (κ3) is 3.08. The van der Waals surface area contributed by atoms with E-state index in [1.165, 1.54) is 6.07 Å². The summed E-state index contributed by atoms with van der Waals surface area (Å²) in [6, 6.07) is 11.0. The quantitative estimate of drug-likeness (QED) is 0.753. The molecule has 0 amide bonds. The second-order valence-corrected chi connectivity index (χ2v) is 5.02. The van der Waals surface area contributed by atoms with Gasteiger partial charge in [0.2, 0.25) is 0 Å². The van der Waals surface area contributed by atoms with Crippen molar-refractivity contribution in [1.29, 1.82) is 0 Å². The molecule has 19 heavy (non-hydrogen) atoms. The lowest BCUT2D eigenvalue weighted by Gasteiger charge is -2.08. The maximum Gasteiger partial charge on any atom is 0.170 e. The van der Waals surface area contributed by atoms with Gasteiger partial charge < -0.3 is 0 Å². The number of carbonyl (C=O) groups is 1. The topological polar surface area (TPSA) is 17.1 Å². The maximum absolute atomic E-state index is 13.9. The number of hydrogen-bond donors (Lipinski definition) is 0. The molecule has 2 rings (SSSR count). The highest BCUT2D eigenvalue weighted by Gasteiger charge is 2.15. The van der Waals surface area contributed by atoms with Crippen LogP contribution in [0, 0.1) is 26.6 Å². The molecule has 0 aromatic heterocycles. The summed E-state index contributed by atoms with van der Waals surface area (Å²) in [7, 11) is 0. The highest BCUT2D eigenvalue weighted by Crippen LogP contribution is 2.18. The minimum atomic E-state index is -0.422. The van der Waals surface area contributed by atoms with E-state index in [9.17, 15) is 9.18 Å². The van der Waals surface area contributed by atoms with E-state index in [1.807, 2.05) is 44.2 Å². The van der Waals surface area contributed by atoms with Gasteiger partial charge in [-0.15, -0.1) is 0 Å². The molecular weight excluding hydrogens is 239 g/mol. The Labute approximate surface area is 113 Å². The second-order valence-electron chi connectivity index (χ2n) is 5.02. The molecule has 0 unspecified atom stereocenters. The zero-order valence-electron chi connectivity index (χ0n) is 11.5. The molecule has 0 aliphatic carbocycles. The fourth-order valence-corrected chi connectivity index (χ4v) is 2.25. The molecule has 0 aliphatic heterocycles. The summed E-state index contributed by atoms with van der Waals surface area (Å²) in [4.78, 5) is 12.2. The Morgan fingerprint density at radius 2 is 1.63 bits per heavy atom. The molecule has 2 aromatic carbocycles. The van der Waals surface area contributed by atoms with E-state index >= 15 is 0 Å². The van der Waals surface area contributed by atoms with Crippen LogP contribution in [-0.4, -0.2) is 5.78 Å². The number of Topliss-reactive ketones (excluding diaryl/α,β-unsaturated/α-hetero) is 1. The van der Waals surface area contributed by atoms with Crippen molar-refractivity contribution in [1.82, 2.24) is 0 Å². The van der Waals surface area contributed by atoms with Gasteiger partial charge in [0.1, 0.15) is 5.82 Å². The van der Waals surface area contributed by atoms with Crippen LogP contribution in [0.15, 0.2) is 36.4 Å². The summed E-state index contributed by atoms with van der Waals surface area (Å²) in [5.41, 5.74) is 3.81. The van der Waals surface area contributed by atoms with Gasteiger partial charge in [-0.25, -0.2) is 4.39 Å². The fourth-order valence-electron chi connectivity index (χ4n) is 2.25. The van der Waals surface area contributed by atoms with E-state index in [0.29, 0.717) is 5.56 Å². The summed E-state index contributed by atoms with van der Waals surface area (Å²) in [6.45, 7) is 5.60. The number of benzene rings is 2. The normalized spacial score (nSPS) is 10.5. The summed E-state index contributed by atoms with van der Waals surface area (Å²) < 4.78 is 13.9. The van der Waals surface area contributed by atoms with Crippen molar-refractivity contribution >= 4 is 5.78 Å². The number of halogens is 1. The first-order chi connectivity index (χ1) is 8.97. The summed E-state index contributed by atoms with van der Waals surface area (Å²) in [5, 5.41) is 0. The van der Waals surface area contributed by atoms with Gasteiger partial charge in [-0.2, -0.15) is 0 Å².